The molecule has 2 aliphatic heterocycles. The Kier molecular flexibility index (Phi) is 5.38. The summed E-state index contributed by atoms with van der Waals surface area (Å²) in [6.07, 6.45) is 7.27. The number of amides is 1. The first kappa shape index (κ1) is 16.5. The summed E-state index contributed by atoms with van der Waals surface area (Å²) in [6.45, 7) is 2.79. The van der Waals surface area contributed by atoms with Gasteiger partial charge in [0, 0.05) is 19.0 Å². The van der Waals surface area contributed by atoms with Crippen LogP contribution in [-0.4, -0.2) is 40.7 Å². The van der Waals surface area contributed by atoms with Gasteiger partial charge in [0.25, 0.3) is 5.91 Å². The first-order valence-corrected chi connectivity index (χ1v) is 8.82. The minimum Gasteiger partial charge on any atom is -0.467 e. The van der Waals surface area contributed by atoms with Gasteiger partial charge in [0.15, 0.2) is 0 Å². The molecule has 4 atom stereocenters. The molecule has 0 radical (unpaired) electrons. The number of ether oxygens (including phenoxy) is 1. The SMILES string of the molecule is C[C@@H]1CC[C@H](C(=O)N2CCCCC[C@@H]2C[C@@H](O)c2ccco2)O1. The van der Waals surface area contributed by atoms with E-state index < -0.39 is 6.10 Å². The minimum atomic E-state index is -0.660. The van der Waals surface area contributed by atoms with E-state index in [1.165, 1.54) is 0 Å². The second-order valence-corrected chi connectivity index (χ2v) is 6.81. The summed E-state index contributed by atoms with van der Waals surface area (Å²) in [6, 6.07) is 3.63. The third-order valence-electron chi connectivity index (χ3n) is 5.03. The quantitative estimate of drug-likeness (QED) is 0.926. The van der Waals surface area contributed by atoms with Crippen LogP contribution in [0.15, 0.2) is 22.8 Å². The van der Waals surface area contributed by atoms with Crippen LogP contribution in [0.25, 0.3) is 0 Å². The Balaban J connectivity index is 1.68. The van der Waals surface area contributed by atoms with Crippen LogP contribution in [-0.2, 0) is 9.53 Å². The Labute approximate surface area is 137 Å². The summed E-state index contributed by atoms with van der Waals surface area (Å²) in [5, 5.41) is 10.4. The van der Waals surface area contributed by atoms with Crippen molar-refractivity contribution in [1.82, 2.24) is 4.90 Å². The summed E-state index contributed by atoms with van der Waals surface area (Å²) in [5.41, 5.74) is 0. The van der Waals surface area contributed by atoms with Crippen LogP contribution < -0.4 is 0 Å². The van der Waals surface area contributed by atoms with Crippen molar-refractivity contribution in [3.8, 4) is 0 Å². The highest BCUT2D eigenvalue weighted by molar-refractivity contribution is 5.81. The summed E-state index contributed by atoms with van der Waals surface area (Å²) in [4.78, 5) is 14.8. The van der Waals surface area contributed by atoms with Crippen LogP contribution >= 0.6 is 0 Å². The number of aliphatic hydroxyl groups is 1. The molecule has 2 aliphatic rings. The van der Waals surface area contributed by atoms with E-state index in [1.54, 1.807) is 18.4 Å². The third kappa shape index (κ3) is 3.96. The number of furan rings is 1. The van der Waals surface area contributed by atoms with E-state index in [2.05, 4.69) is 0 Å². The fourth-order valence-corrected chi connectivity index (χ4v) is 3.74. The number of nitrogens with zero attached hydrogens (tertiary/aromatic N) is 1. The highest BCUT2D eigenvalue weighted by Gasteiger charge is 2.36. The zero-order chi connectivity index (χ0) is 16.2. The topological polar surface area (TPSA) is 62.9 Å². The predicted molar refractivity (Wildman–Crippen MR) is 85.8 cm³/mol. The van der Waals surface area contributed by atoms with Gasteiger partial charge in [0.2, 0.25) is 0 Å². The molecular formula is C18H27NO4. The summed E-state index contributed by atoms with van der Waals surface area (Å²) >= 11 is 0. The van der Waals surface area contributed by atoms with Crippen LogP contribution in [0.4, 0.5) is 0 Å². The fraction of sp³-hybridized carbons (Fsp3) is 0.722. The zero-order valence-electron chi connectivity index (χ0n) is 13.8. The molecular weight excluding hydrogens is 294 g/mol. The molecule has 5 nitrogen and oxygen atoms in total. The molecule has 128 valence electrons. The maximum absolute atomic E-state index is 12.9. The van der Waals surface area contributed by atoms with Crippen molar-refractivity contribution in [3.05, 3.63) is 24.2 Å². The van der Waals surface area contributed by atoms with Crippen LogP contribution in [0.5, 0.6) is 0 Å². The van der Waals surface area contributed by atoms with Gasteiger partial charge in [-0.2, -0.15) is 0 Å². The molecule has 23 heavy (non-hydrogen) atoms. The zero-order valence-corrected chi connectivity index (χ0v) is 13.8. The van der Waals surface area contributed by atoms with E-state index >= 15 is 0 Å². The van der Waals surface area contributed by atoms with E-state index in [0.717, 1.165) is 45.1 Å². The van der Waals surface area contributed by atoms with Crippen molar-refractivity contribution in [2.24, 2.45) is 0 Å². The van der Waals surface area contributed by atoms with Gasteiger partial charge in [0.1, 0.15) is 18.0 Å². The second-order valence-electron chi connectivity index (χ2n) is 6.81. The molecule has 5 heteroatoms. The standard InChI is InChI=1S/C18H27NO4/c1-13-8-9-17(23-13)18(21)19-10-4-2-3-6-14(19)12-15(20)16-7-5-11-22-16/h5,7,11,13-15,17,20H,2-4,6,8-10,12H2,1H3/t13-,14-,15-,17-/m1/s1. The Morgan fingerprint density at radius 1 is 1.35 bits per heavy atom. The molecule has 0 spiro atoms. The van der Waals surface area contributed by atoms with Crippen molar-refractivity contribution in [1.29, 1.82) is 0 Å². The molecule has 2 saturated heterocycles. The lowest BCUT2D eigenvalue weighted by atomic mass is 10.0. The minimum absolute atomic E-state index is 0.0598. The van der Waals surface area contributed by atoms with E-state index in [9.17, 15) is 9.90 Å². The molecule has 0 bridgehead atoms. The molecule has 0 unspecified atom stereocenters. The van der Waals surface area contributed by atoms with Crippen LogP contribution in [0.2, 0.25) is 0 Å². The number of rotatable bonds is 4. The van der Waals surface area contributed by atoms with Crippen molar-refractivity contribution < 1.29 is 19.1 Å². The highest BCUT2D eigenvalue weighted by atomic mass is 16.5. The molecule has 1 amide bonds. The number of hydrogen-bond donors (Lipinski definition) is 1. The molecule has 3 heterocycles. The Morgan fingerprint density at radius 2 is 2.22 bits per heavy atom. The normalized spacial score (nSPS) is 30.2. The first-order chi connectivity index (χ1) is 11.1. The molecule has 0 aromatic carbocycles. The van der Waals surface area contributed by atoms with Crippen LogP contribution in [0.3, 0.4) is 0 Å². The van der Waals surface area contributed by atoms with Crippen molar-refractivity contribution >= 4 is 5.91 Å². The maximum Gasteiger partial charge on any atom is 0.251 e. The monoisotopic (exact) mass is 321 g/mol. The van der Waals surface area contributed by atoms with Crippen molar-refractivity contribution in [2.45, 2.75) is 76.2 Å². The number of carbonyl (C=O) groups excluding carboxylic acids is 1. The van der Waals surface area contributed by atoms with E-state index in [0.29, 0.717) is 12.2 Å². The van der Waals surface area contributed by atoms with Gasteiger partial charge in [-0.05, 0) is 44.7 Å². The summed E-state index contributed by atoms with van der Waals surface area (Å²) in [5.74, 6) is 0.681. The second kappa shape index (κ2) is 7.49. The van der Waals surface area contributed by atoms with Gasteiger partial charge in [-0.1, -0.05) is 12.8 Å². The van der Waals surface area contributed by atoms with Crippen molar-refractivity contribution in [2.75, 3.05) is 6.54 Å². The van der Waals surface area contributed by atoms with Crippen LogP contribution in [0.1, 0.15) is 63.7 Å². The van der Waals surface area contributed by atoms with Gasteiger partial charge < -0.3 is 19.2 Å². The maximum atomic E-state index is 12.9. The van der Waals surface area contributed by atoms with Crippen LogP contribution in [0, 0.1) is 0 Å². The molecule has 1 N–H and O–H groups in total. The van der Waals surface area contributed by atoms with Crippen molar-refractivity contribution in [3.63, 3.8) is 0 Å². The highest BCUT2D eigenvalue weighted by Crippen LogP contribution is 2.29. The third-order valence-corrected chi connectivity index (χ3v) is 5.03. The summed E-state index contributed by atoms with van der Waals surface area (Å²) < 4.78 is 11.1. The molecule has 2 fully saturated rings. The van der Waals surface area contributed by atoms with Gasteiger partial charge in [0.05, 0.1) is 12.4 Å². The fourth-order valence-electron chi connectivity index (χ4n) is 3.74. The largest absolute Gasteiger partial charge is 0.467 e. The molecule has 3 rings (SSSR count). The van der Waals surface area contributed by atoms with Gasteiger partial charge >= 0.3 is 0 Å². The number of aliphatic hydroxyl groups excluding tert-OH is 1. The average molecular weight is 321 g/mol. The number of hydrogen-bond acceptors (Lipinski definition) is 4. The van der Waals surface area contributed by atoms with Gasteiger partial charge in [-0.15, -0.1) is 0 Å². The van der Waals surface area contributed by atoms with E-state index in [1.807, 2.05) is 11.8 Å². The predicted octanol–water partition coefficient (Wildman–Crippen LogP) is 3.04. The number of likely N-dealkylation sites (tertiary alicyclic amines) is 1. The first-order valence-electron chi connectivity index (χ1n) is 8.82. The Hall–Kier alpha value is -1.33. The van der Waals surface area contributed by atoms with Gasteiger partial charge in [-0.25, -0.2) is 0 Å². The lowest BCUT2D eigenvalue weighted by molar-refractivity contribution is -0.145. The van der Waals surface area contributed by atoms with E-state index in [-0.39, 0.29) is 24.2 Å². The average Bonchev–Trinajstić information content (AvgIpc) is 3.16. The molecule has 1 aromatic heterocycles. The number of carbonyl (C=O) groups is 1. The molecule has 0 aliphatic carbocycles. The van der Waals surface area contributed by atoms with Gasteiger partial charge in [-0.3, -0.25) is 4.79 Å². The molecule has 0 saturated carbocycles. The Morgan fingerprint density at radius 3 is 2.91 bits per heavy atom. The smallest absolute Gasteiger partial charge is 0.251 e. The lowest BCUT2D eigenvalue weighted by Gasteiger charge is -2.33. The molecule has 1 aromatic rings. The van der Waals surface area contributed by atoms with E-state index in [4.69, 9.17) is 9.15 Å². The summed E-state index contributed by atoms with van der Waals surface area (Å²) in [7, 11) is 0. The lowest BCUT2D eigenvalue weighted by Crippen LogP contribution is -2.46. The Bertz CT molecular complexity index is 501.